The highest BCUT2D eigenvalue weighted by Gasteiger charge is 2.28. The predicted molar refractivity (Wildman–Crippen MR) is 154 cm³/mol. The molecule has 202 valence electrons. The first-order valence-electron chi connectivity index (χ1n) is 12.7. The third-order valence-electron chi connectivity index (χ3n) is 6.60. The Morgan fingerprint density at radius 3 is 2.20 bits per heavy atom. The molecule has 0 fully saturated rings. The monoisotopic (exact) mass is 553 g/mol. The van der Waals surface area contributed by atoms with Crippen LogP contribution >= 0.6 is 0 Å². The van der Waals surface area contributed by atoms with E-state index >= 15 is 0 Å². The maximum absolute atomic E-state index is 13.5. The molecule has 4 aromatic carbocycles. The van der Waals surface area contributed by atoms with Crippen molar-refractivity contribution >= 4 is 27.0 Å². The summed E-state index contributed by atoms with van der Waals surface area (Å²) in [6.45, 7) is 3.54. The molecule has 0 aliphatic heterocycles. The minimum absolute atomic E-state index is 0.0427. The van der Waals surface area contributed by atoms with E-state index in [0.29, 0.717) is 16.5 Å². The topological polar surface area (TPSA) is 103 Å². The summed E-state index contributed by atoms with van der Waals surface area (Å²) in [7, 11) is -4.03. The highest BCUT2D eigenvalue weighted by molar-refractivity contribution is 7.89. The van der Waals surface area contributed by atoms with Crippen LogP contribution in [0.5, 0.6) is 5.75 Å². The number of esters is 1. The zero-order valence-corrected chi connectivity index (χ0v) is 22.8. The van der Waals surface area contributed by atoms with Crippen LogP contribution < -0.4 is 15.1 Å². The molecule has 0 spiro atoms. The molecule has 5 rings (SSSR count). The number of fused-ring (bicyclic) bond motifs is 1. The van der Waals surface area contributed by atoms with E-state index in [9.17, 15) is 18.0 Å². The lowest BCUT2D eigenvalue weighted by Crippen LogP contribution is -2.44. The van der Waals surface area contributed by atoms with Gasteiger partial charge in [-0.3, -0.25) is 0 Å². The van der Waals surface area contributed by atoms with Crippen molar-refractivity contribution in [3.05, 3.63) is 130 Å². The van der Waals surface area contributed by atoms with Crippen molar-refractivity contribution in [3.8, 4) is 16.9 Å². The zero-order valence-electron chi connectivity index (χ0n) is 22.0. The normalized spacial score (nSPS) is 12.2. The Hall–Kier alpha value is -4.53. The molecule has 1 N–H and O–H groups in total. The quantitative estimate of drug-likeness (QED) is 0.153. The van der Waals surface area contributed by atoms with Gasteiger partial charge in [0.05, 0.1) is 4.90 Å². The predicted octanol–water partition coefficient (Wildman–Crippen LogP) is 5.57. The molecule has 0 aliphatic rings. The molecular weight excluding hydrogens is 526 g/mol. The van der Waals surface area contributed by atoms with Gasteiger partial charge in [-0.15, -0.1) is 0 Å². The number of hydrogen-bond donors (Lipinski definition) is 1. The molecular formula is C32H27NO6S. The average Bonchev–Trinajstić information content (AvgIpc) is 2.95. The van der Waals surface area contributed by atoms with E-state index in [4.69, 9.17) is 9.15 Å². The Morgan fingerprint density at radius 2 is 1.52 bits per heavy atom. The van der Waals surface area contributed by atoms with Crippen LogP contribution in [-0.4, -0.2) is 20.4 Å². The Morgan fingerprint density at radius 1 is 0.875 bits per heavy atom. The number of rotatable bonds is 8. The van der Waals surface area contributed by atoms with Crippen LogP contribution in [0.4, 0.5) is 0 Å². The van der Waals surface area contributed by atoms with E-state index in [1.165, 1.54) is 18.2 Å². The number of sulfonamides is 1. The van der Waals surface area contributed by atoms with E-state index in [-0.39, 0.29) is 22.6 Å². The van der Waals surface area contributed by atoms with Gasteiger partial charge in [0.2, 0.25) is 10.0 Å². The summed E-state index contributed by atoms with van der Waals surface area (Å²) in [5.41, 5.74) is 3.40. The Balaban J connectivity index is 1.49. The highest BCUT2D eigenvalue weighted by Crippen LogP contribution is 2.33. The molecule has 1 heterocycles. The maximum Gasteiger partial charge on any atom is 0.336 e. The lowest BCUT2D eigenvalue weighted by molar-refractivity contribution is -0.136. The highest BCUT2D eigenvalue weighted by atomic mass is 32.2. The van der Waals surface area contributed by atoms with Crippen molar-refractivity contribution in [3.63, 3.8) is 0 Å². The fourth-order valence-corrected chi connectivity index (χ4v) is 5.67. The number of ether oxygens (including phenoxy) is 1. The molecule has 1 atom stereocenters. The first-order chi connectivity index (χ1) is 19.2. The molecule has 40 heavy (non-hydrogen) atoms. The van der Waals surface area contributed by atoms with Crippen molar-refractivity contribution in [2.45, 2.75) is 31.2 Å². The number of nitrogens with one attached hydrogen (secondary N) is 1. The van der Waals surface area contributed by atoms with Gasteiger partial charge in [-0.1, -0.05) is 78.4 Å². The van der Waals surface area contributed by atoms with Gasteiger partial charge in [0.15, 0.2) is 0 Å². The first kappa shape index (κ1) is 27.1. The second-order valence-electron chi connectivity index (χ2n) is 9.51. The van der Waals surface area contributed by atoms with Crippen molar-refractivity contribution in [1.29, 1.82) is 0 Å². The summed E-state index contributed by atoms with van der Waals surface area (Å²) in [5, 5.41) is 0.684. The third-order valence-corrected chi connectivity index (χ3v) is 8.09. The summed E-state index contributed by atoms with van der Waals surface area (Å²) in [6.07, 6.45) is 0.0740. The third kappa shape index (κ3) is 5.88. The number of benzene rings is 4. The van der Waals surface area contributed by atoms with E-state index in [1.54, 1.807) is 31.2 Å². The minimum Gasteiger partial charge on any atom is -0.425 e. The number of carbonyl (C=O) groups excluding carboxylic acids is 1. The van der Waals surface area contributed by atoms with Gasteiger partial charge in [0.25, 0.3) is 0 Å². The van der Waals surface area contributed by atoms with Gasteiger partial charge < -0.3 is 9.15 Å². The Kier molecular flexibility index (Phi) is 7.64. The van der Waals surface area contributed by atoms with Crippen molar-refractivity contribution < 1.29 is 22.4 Å². The van der Waals surface area contributed by atoms with Crippen LogP contribution in [0.2, 0.25) is 0 Å². The van der Waals surface area contributed by atoms with E-state index in [1.807, 2.05) is 67.6 Å². The van der Waals surface area contributed by atoms with Crippen LogP contribution in [-0.2, 0) is 21.2 Å². The lowest BCUT2D eigenvalue weighted by atomic mass is 10.00. The van der Waals surface area contributed by atoms with Crippen molar-refractivity contribution in [2.75, 3.05) is 0 Å². The molecule has 7 nitrogen and oxygen atoms in total. The number of aryl methyl sites for hydroxylation is 2. The van der Waals surface area contributed by atoms with Gasteiger partial charge >= 0.3 is 11.6 Å². The number of carbonyl (C=O) groups is 1. The molecule has 0 radical (unpaired) electrons. The molecule has 0 saturated carbocycles. The Bertz CT molecular complexity index is 1830. The maximum atomic E-state index is 13.5. The smallest absolute Gasteiger partial charge is 0.336 e. The standard InChI is InChI=1S/C32H27NO6S/c1-21-13-15-25(16-14-21)40(36,37)33-28(19-23-9-5-3-6-10-23)32(35)38-29-18-17-26-27(24-11-7-4-8-12-24)20-30(34)39-31(26)22(29)2/h3-18,20,28,33H,19H2,1-2H3. The summed E-state index contributed by atoms with van der Waals surface area (Å²) in [6, 6.07) is 28.4. The minimum atomic E-state index is -4.03. The largest absolute Gasteiger partial charge is 0.425 e. The molecule has 0 aliphatic carbocycles. The van der Waals surface area contributed by atoms with Crippen LogP contribution in [0.15, 0.2) is 117 Å². The van der Waals surface area contributed by atoms with Gasteiger partial charge in [-0.2, -0.15) is 4.72 Å². The molecule has 0 amide bonds. The molecule has 8 heteroatoms. The van der Waals surface area contributed by atoms with Gasteiger partial charge in [0, 0.05) is 17.0 Å². The van der Waals surface area contributed by atoms with Crippen LogP contribution in [0.1, 0.15) is 16.7 Å². The summed E-state index contributed by atoms with van der Waals surface area (Å²) in [4.78, 5) is 26.0. The average molecular weight is 554 g/mol. The van der Waals surface area contributed by atoms with Gasteiger partial charge in [-0.05, 0) is 61.2 Å². The van der Waals surface area contributed by atoms with Crippen molar-refractivity contribution in [1.82, 2.24) is 4.72 Å². The van der Waals surface area contributed by atoms with Crippen molar-refractivity contribution in [2.24, 2.45) is 0 Å². The van der Waals surface area contributed by atoms with Crippen LogP contribution in [0.3, 0.4) is 0 Å². The lowest BCUT2D eigenvalue weighted by Gasteiger charge is -2.19. The molecule has 1 unspecified atom stereocenters. The second kappa shape index (κ2) is 11.3. The Labute approximate surface area is 232 Å². The van der Waals surface area contributed by atoms with E-state index in [0.717, 1.165) is 16.7 Å². The van der Waals surface area contributed by atoms with Crippen LogP contribution in [0.25, 0.3) is 22.1 Å². The fraction of sp³-hybridized carbons (Fsp3) is 0.125. The molecule has 0 bridgehead atoms. The van der Waals surface area contributed by atoms with Gasteiger partial charge in [-0.25, -0.2) is 18.0 Å². The second-order valence-corrected chi connectivity index (χ2v) is 11.2. The molecule has 0 saturated heterocycles. The number of hydrogen-bond acceptors (Lipinski definition) is 6. The summed E-state index contributed by atoms with van der Waals surface area (Å²) >= 11 is 0. The summed E-state index contributed by atoms with van der Waals surface area (Å²) in [5.74, 6) is -0.623. The van der Waals surface area contributed by atoms with Gasteiger partial charge in [0.1, 0.15) is 17.4 Å². The fourth-order valence-electron chi connectivity index (χ4n) is 4.49. The van der Waals surface area contributed by atoms with E-state index in [2.05, 4.69) is 4.72 Å². The first-order valence-corrected chi connectivity index (χ1v) is 14.2. The summed E-state index contributed by atoms with van der Waals surface area (Å²) < 4.78 is 40.2. The van der Waals surface area contributed by atoms with Crippen LogP contribution in [0, 0.1) is 13.8 Å². The molecule has 5 aromatic rings. The molecule has 1 aromatic heterocycles. The van der Waals surface area contributed by atoms with E-state index < -0.39 is 27.7 Å². The zero-order chi connectivity index (χ0) is 28.3. The SMILES string of the molecule is Cc1ccc(S(=O)(=O)NC(Cc2ccccc2)C(=O)Oc2ccc3c(-c4ccccc4)cc(=O)oc3c2C)cc1.